The van der Waals surface area contributed by atoms with E-state index in [0.717, 1.165) is 0 Å². The molecule has 3 N–H and O–H groups in total. The maximum Gasteiger partial charge on any atom is 0.136 e. The third-order valence-electron chi connectivity index (χ3n) is 1.66. The summed E-state index contributed by atoms with van der Waals surface area (Å²) < 4.78 is 1.18. The Morgan fingerprint density at radius 3 is 2.54 bits per heavy atom. The zero-order valence-electron chi connectivity index (χ0n) is 6.81. The van der Waals surface area contributed by atoms with Crippen molar-refractivity contribution in [1.29, 1.82) is 0 Å². The van der Waals surface area contributed by atoms with Crippen molar-refractivity contribution in [2.45, 2.75) is 13.0 Å². The van der Waals surface area contributed by atoms with Crippen LogP contribution in [-0.2, 0) is 0 Å². The van der Waals surface area contributed by atoms with Crippen LogP contribution in [0.5, 0.6) is 5.75 Å². The van der Waals surface area contributed by atoms with Gasteiger partial charge in [0, 0.05) is 16.1 Å². The van der Waals surface area contributed by atoms with E-state index >= 15 is 0 Å². The molecule has 0 saturated heterocycles. The van der Waals surface area contributed by atoms with Crippen LogP contribution in [0.1, 0.15) is 18.5 Å². The van der Waals surface area contributed by atoms with Gasteiger partial charge in [0.05, 0.1) is 9.50 Å². The molecule has 1 aromatic carbocycles. The number of halogens is 3. The second-order valence-corrected chi connectivity index (χ2v) is 4.74. The minimum atomic E-state index is -0.232. The van der Waals surface area contributed by atoms with Crippen LogP contribution < -0.4 is 5.73 Å². The maximum atomic E-state index is 9.64. The third-order valence-corrected chi connectivity index (χ3v) is 3.90. The summed E-state index contributed by atoms with van der Waals surface area (Å²) in [6.45, 7) is 1.79. The number of phenolic OH excluding ortho intramolecular Hbond substituents is 1. The number of aromatic hydroxyl groups is 1. The fourth-order valence-electron chi connectivity index (χ4n) is 0.951. The maximum absolute atomic E-state index is 9.64. The first-order valence-electron chi connectivity index (χ1n) is 3.57. The Kier molecular flexibility index (Phi) is 3.63. The molecule has 0 unspecified atom stereocenters. The minimum Gasteiger partial charge on any atom is -0.506 e. The third kappa shape index (κ3) is 2.18. The largest absolute Gasteiger partial charge is 0.506 e. The number of benzene rings is 1. The van der Waals surface area contributed by atoms with Crippen molar-refractivity contribution in [3.63, 3.8) is 0 Å². The van der Waals surface area contributed by atoms with Crippen molar-refractivity contribution in [3.8, 4) is 5.75 Å². The molecule has 1 rings (SSSR count). The second-order valence-electron chi connectivity index (χ2n) is 2.71. The highest BCUT2D eigenvalue weighted by molar-refractivity contribution is 9.11. The van der Waals surface area contributed by atoms with Gasteiger partial charge in [0.2, 0.25) is 0 Å². The van der Waals surface area contributed by atoms with Gasteiger partial charge in [0.1, 0.15) is 5.75 Å². The molecule has 0 aliphatic carbocycles. The Hall–Kier alpha value is 0.230. The molecule has 0 fully saturated rings. The highest BCUT2D eigenvalue weighted by atomic mass is 79.9. The van der Waals surface area contributed by atoms with Gasteiger partial charge in [-0.15, -0.1) is 0 Å². The summed E-state index contributed by atoms with van der Waals surface area (Å²) in [6, 6.07) is 1.48. The molecule has 0 saturated carbocycles. The van der Waals surface area contributed by atoms with Crippen LogP contribution in [-0.4, -0.2) is 5.11 Å². The summed E-state index contributed by atoms with van der Waals surface area (Å²) in [6.07, 6.45) is 0. The van der Waals surface area contributed by atoms with Gasteiger partial charge in [-0.25, -0.2) is 0 Å². The summed E-state index contributed by atoms with van der Waals surface area (Å²) in [5.41, 5.74) is 6.31. The molecule has 1 aromatic rings. The van der Waals surface area contributed by atoms with Gasteiger partial charge in [-0.3, -0.25) is 0 Å². The Morgan fingerprint density at radius 2 is 2.08 bits per heavy atom. The summed E-state index contributed by atoms with van der Waals surface area (Å²) in [5, 5.41) is 10.1. The van der Waals surface area contributed by atoms with Gasteiger partial charge in [-0.1, -0.05) is 11.6 Å². The summed E-state index contributed by atoms with van der Waals surface area (Å²) in [7, 11) is 0. The smallest absolute Gasteiger partial charge is 0.136 e. The average molecular weight is 329 g/mol. The standard InChI is InChI=1S/C8H8Br2ClNO/c1-3(12)4-2-5(9)7(11)6(10)8(4)13/h2-3,13H,12H2,1H3/t3-/m1/s1. The van der Waals surface area contributed by atoms with E-state index in [2.05, 4.69) is 31.9 Å². The van der Waals surface area contributed by atoms with Crippen LogP contribution in [0.4, 0.5) is 0 Å². The number of hydrogen-bond acceptors (Lipinski definition) is 2. The number of hydrogen-bond donors (Lipinski definition) is 2. The van der Waals surface area contributed by atoms with Gasteiger partial charge >= 0.3 is 0 Å². The molecule has 0 aromatic heterocycles. The lowest BCUT2D eigenvalue weighted by molar-refractivity contribution is 0.460. The van der Waals surface area contributed by atoms with E-state index in [9.17, 15) is 5.11 Å². The van der Waals surface area contributed by atoms with Crippen molar-refractivity contribution >= 4 is 43.5 Å². The van der Waals surface area contributed by atoms with Crippen molar-refractivity contribution in [2.75, 3.05) is 0 Å². The van der Waals surface area contributed by atoms with E-state index < -0.39 is 0 Å². The van der Waals surface area contributed by atoms with Gasteiger partial charge < -0.3 is 10.8 Å². The van der Waals surface area contributed by atoms with Crippen molar-refractivity contribution in [3.05, 3.63) is 25.6 Å². The first kappa shape index (κ1) is 11.3. The number of rotatable bonds is 1. The van der Waals surface area contributed by atoms with E-state index in [4.69, 9.17) is 17.3 Å². The van der Waals surface area contributed by atoms with Crippen LogP contribution in [0.15, 0.2) is 15.0 Å². The average Bonchev–Trinajstić information content (AvgIpc) is 2.07. The molecule has 0 heterocycles. The highest BCUT2D eigenvalue weighted by Crippen LogP contribution is 2.41. The molecule has 0 bridgehead atoms. The molecule has 72 valence electrons. The lowest BCUT2D eigenvalue weighted by Gasteiger charge is -2.12. The molecule has 0 spiro atoms. The molecular formula is C8H8Br2ClNO. The monoisotopic (exact) mass is 327 g/mol. The molecule has 1 atom stereocenters. The predicted octanol–water partition coefficient (Wildman–Crippen LogP) is 3.59. The molecule has 2 nitrogen and oxygen atoms in total. The van der Waals surface area contributed by atoms with Crippen LogP contribution in [0.2, 0.25) is 5.02 Å². The zero-order valence-corrected chi connectivity index (χ0v) is 10.7. The highest BCUT2D eigenvalue weighted by Gasteiger charge is 2.15. The van der Waals surface area contributed by atoms with Gasteiger partial charge in [-0.2, -0.15) is 0 Å². The van der Waals surface area contributed by atoms with Crippen molar-refractivity contribution in [1.82, 2.24) is 0 Å². The predicted molar refractivity (Wildman–Crippen MR) is 61.1 cm³/mol. The lowest BCUT2D eigenvalue weighted by Crippen LogP contribution is -2.05. The number of phenols is 1. The fraction of sp³-hybridized carbons (Fsp3) is 0.250. The van der Waals surface area contributed by atoms with E-state index in [-0.39, 0.29) is 11.8 Å². The van der Waals surface area contributed by atoms with Crippen molar-refractivity contribution in [2.24, 2.45) is 5.73 Å². The molecular weight excluding hydrogens is 321 g/mol. The molecule has 0 aliphatic heterocycles. The topological polar surface area (TPSA) is 46.2 Å². The van der Waals surface area contributed by atoms with E-state index in [0.29, 0.717) is 19.5 Å². The van der Waals surface area contributed by atoms with Crippen molar-refractivity contribution < 1.29 is 5.11 Å². The first-order valence-corrected chi connectivity index (χ1v) is 5.53. The quantitative estimate of drug-likeness (QED) is 0.774. The van der Waals surface area contributed by atoms with E-state index in [1.165, 1.54) is 0 Å². The lowest BCUT2D eigenvalue weighted by atomic mass is 10.1. The Balaban J connectivity index is 3.41. The Morgan fingerprint density at radius 1 is 1.54 bits per heavy atom. The SMILES string of the molecule is C[C@@H](N)c1cc(Br)c(Cl)c(Br)c1O. The summed E-state index contributed by atoms with van der Waals surface area (Å²) >= 11 is 12.3. The molecule has 0 radical (unpaired) electrons. The van der Waals surface area contributed by atoms with Crippen LogP contribution >= 0.6 is 43.5 Å². The first-order chi connectivity index (χ1) is 5.95. The van der Waals surface area contributed by atoms with Crippen LogP contribution in [0.25, 0.3) is 0 Å². The van der Waals surface area contributed by atoms with E-state index in [1.807, 2.05) is 0 Å². The fourth-order valence-corrected chi connectivity index (χ4v) is 2.25. The van der Waals surface area contributed by atoms with Gasteiger partial charge in [0.15, 0.2) is 0 Å². The Labute approximate surface area is 98.3 Å². The van der Waals surface area contributed by atoms with Crippen LogP contribution in [0, 0.1) is 0 Å². The van der Waals surface area contributed by atoms with Gasteiger partial charge in [0.25, 0.3) is 0 Å². The van der Waals surface area contributed by atoms with E-state index in [1.54, 1.807) is 13.0 Å². The van der Waals surface area contributed by atoms with Crippen LogP contribution in [0.3, 0.4) is 0 Å². The number of nitrogens with two attached hydrogens (primary N) is 1. The molecule has 13 heavy (non-hydrogen) atoms. The van der Waals surface area contributed by atoms with Gasteiger partial charge in [-0.05, 0) is 44.8 Å². The minimum absolute atomic E-state index is 0.100. The molecule has 0 aliphatic rings. The second kappa shape index (κ2) is 4.17. The molecule has 5 heteroatoms. The molecule has 0 amide bonds. The zero-order chi connectivity index (χ0) is 10.2. The summed E-state index contributed by atoms with van der Waals surface area (Å²) in [4.78, 5) is 0. The Bertz CT molecular complexity index is 341. The summed E-state index contributed by atoms with van der Waals surface area (Å²) in [5.74, 6) is 0.100. The normalized spacial score (nSPS) is 13.0.